The van der Waals surface area contributed by atoms with E-state index in [0.717, 1.165) is 50.0 Å². The van der Waals surface area contributed by atoms with Crippen molar-refractivity contribution in [1.29, 1.82) is 0 Å². The van der Waals surface area contributed by atoms with E-state index >= 15 is 0 Å². The zero-order valence-electron chi connectivity index (χ0n) is 25.7. The zero-order chi connectivity index (χ0) is 31.6. The van der Waals surface area contributed by atoms with Crippen LogP contribution in [-0.2, 0) is 0 Å². The highest BCUT2D eigenvalue weighted by Gasteiger charge is 2.26. The van der Waals surface area contributed by atoms with Gasteiger partial charge in [-0.2, -0.15) is 0 Å². The molecule has 5 heteroatoms. The van der Waals surface area contributed by atoms with Crippen molar-refractivity contribution >= 4 is 75.9 Å². The molecule has 1 unspecified atom stereocenters. The van der Waals surface area contributed by atoms with Gasteiger partial charge in [-0.1, -0.05) is 127 Å². The summed E-state index contributed by atoms with van der Waals surface area (Å²) in [5, 5.41) is 10.8. The van der Waals surface area contributed by atoms with Crippen LogP contribution in [0.15, 0.2) is 166 Å². The van der Waals surface area contributed by atoms with Crippen molar-refractivity contribution in [2.24, 2.45) is 9.98 Å². The Bertz CT molecular complexity index is 2750. The molecule has 0 fully saturated rings. The number of nitrogens with zero attached hydrogens (tertiary/aromatic N) is 2. The normalized spacial score (nSPS) is 14.9. The van der Waals surface area contributed by atoms with E-state index in [2.05, 4.69) is 139 Å². The molecule has 0 amide bonds. The zero-order valence-corrected chi connectivity index (χ0v) is 26.5. The first-order chi connectivity index (χ1) is 23.8. The minimum Gasteiger partial charge on any atom is -0.455 e. The Morgan fingerprint density at radius 3 is 2.17 bits per heavy atom. The van der Waals surface area contributed by atoms with Crippen LogP contribution < -0.4 is 5.32 Å². The van der Waals surface area contributed by atoms with Gasteiger partial charge in [0.15, 0.2) is 5.84 Å². The highest BCUT2D eigenvalue weighted by atomic mass is 32.1. The molecule has 0 saturated carbocycles. The molecule has 0 saturated heterocycles. The Morgan fingerprint density at radius 1 is 0.583 bits per heavy atom. The molecule has 10 rings (SSSR count). The minimum atomic E-state index is -0.316. The molecule has 1 aliphatic heterocycles. The lowest BCUT2D eigenvalue weighted by atomic mass is 10.00. The lowest BCUT2D eigenvalue weighted by Gasteiger charge is -2.24. The molecule has 4 nitrogen and oxygen atoms in total. The first kappa shape index (κ1) is 27.1. The second-order valence-corrected chi connectivity index (χ2v) is 13.3. The van der Waals surface area contributed by atoms with Gasteiger partial charge in [0.1, 0.15) is 23.2 Å². The molecule has 0 aliphatic carbocycles. The predicted octanol–water partition coefficient (Wildman–Crippen LogP) is 11.3. The number of rotatable bonds is 4. The topological polar surface area (TPSA) is 49.9 Å². The maximum atomic E-state index is 6.66. The number of nitrogens with one attached hydrogen (secondary N) is 1. The Balaban J connectivity index is 1.15. The summed E-state index contributed by atoms with van der Waals surface area (Å²) >= 11 is 1.82. The molecular weight excluding hydrogens is 607 g/mol. The summed E-state index contributed by atoms with van der Waals surface area (Å²) in [7, 11) is 0. The quantitative estimate of drug-likeness (QED) is 0.210. The van der Waals surface area contributed by atoms with Crippen molar-refractivity contribution in [3.8, 4) is 11.1 Å². The third kappa shape index (κ3) is 4.36. The fourth-order valence-corrected chi connectivity index (χ4v) is 8.18. The number of fused-ring (bicyclic) bond motifs is 8. The third-order valence-corrected chi connectivity index (χ3v) is 10.5. The molecule has 2 aromatic heterocycles. The highest BCUT2D eigenvalue weighted by molar-refractivity contribution is 7.26. The van der Waals surface area contributed by atoms with Gasteiger partial charge in [-0.3, -0.25) is 0 Å². The van der Waals surface area contributed by atoms with Crippen LogP contribution in [0, 0.1) is 0 Å². The minimum absolute atomic E-state index is 0.316. The monoisotopic (exact) mass is 633 g/mol. The van der Waals surface area contributed by atoms with Gasteiger partial charge in [-0.25, -0.2) is 9.98 Å². The van der Waals surface area contributed by atoms with Crippen LogP contribution >= 0.6 is 11.3 Å². The van der Waals surface area contributed by atoms with Crippen molar-refractivity contribution in [1.82, 2.24) is 5.32 Å². The van der Waals surface area contributed by atoms with Crippen molar-refractivity contribution in [3.63, 3.8) is 0 Å². The fraction of sp³-hybridized carbons (Fsp3) is 0.0233. The SMILES string of the molecule is c1ccc(C2N=C(c3ccc(-c4ccc5ccccc5c4)cc3)N=C(c3cc4c5ccccc5sc4c4c3oc3ccccc34)N2)cc1. The van der Waals surface area contributed by atoms with Gasteiger partial charge >= 0.3 is 0 Å². The van der Waals surface area contributed by atoms with Crippen molar-refractivity contribution in [2.45, 2.75) is 6.17 Å². The Hall–Kier alpha value is -6.04. The average Bonchev–Trinajstić information content (AvgIpc) is 3.73. The van der Waals surface area contributed by atoms with E-state index in [-0.39, 0.29) is 6.17 Å². The molecule has 1 aliphatic rings. The van der Waals surface area contributed by atoms with Crippen LogP contribution in [0.4, 0.5) is 0 Å². The number of amidine groups is 2. The summed E-state index contributed by atoms with van der Waals surface area (Å²) in [5.74, 6) is 1.43. The van der Waals surface area contributed by atoms with Crippen molar-refractivity contribution in [2.75, 3.05) is 0 Å². The molecule has 7 aromatic carbocycles. The van der Waals surface area contributed by atoms with Gasteiger partial charge < -0.3 is 9.73 Å². The van der Waals surface area contributed by atoms with Gasteiger partial charge in [0.2, 0.25) is 0 Å². The molecule has 3 heterocycles. The number of hydrogen-bond donors (Lipinski definition) is 1. The molecule has 0 bridgehead atoms. The highest BCUT2D eigenvalue weighted by Crippen LogP contribution is 2.44. The number of hydrogen-bond acceptors (Lipinski definition) is 5. The smallest absolute Gasteiger partial charge is 0.159 e. The second kappa shape index (κ2) is 10.8. The molecule has 48 heavy (non-hydrogen) atoms. The van der Waals surface area contributed by atoms with Gasteiger partial charge in [0, 0.05) is 36.5 Å². The van der Waals surface area contributed by atoms with Gasteiger partial charge in [-0.05, 0) is 51.7 Å². The van der Waals surface area contributed by atoms with Crippen LogP contribution in [0.2, 0.25) is 0 Å². The van der Waals surface area contributed by atoms with E-state index in [1.807, 2.05) is 29.5 Å². The molecule has 226 valence electrons. The first-order valence-corrected chi connectivity index (χ1v) is 16.9. The molecule has 1 atom stereocenters. The lowest BCUT2D eigenvalue weighted by Crippen LogP contribution is -2.33. The molecule has 1 N–H and O–H groups in total. The third-order valence-electron chi connectivity index (χ3n) is 9.33. The lowest BCUT2D eigenvalue weighted by molar-refractivity contribution is 0.660. The number of furan rings is 1. The van der Waals surface area contributed by atoms with Crippen LogP contribution in [-0.4, -0.2) is 11.7 Å². The molecule has 0 radical (unpaired) electrons. The van der Waals surface area contributed by atoms with Crippen LogP contribution in [0.3, 0.4) is 0 Å². The standard InChI is InChI=1S/C43H27N3OS/c1-2-11-28(12-3-1)41-44-42(29-21-18-27(19-22-29)31-23-20-26-10-4-5-13-30(26)24-31)46-43(45-41)35-25-34-32-14-7-9-17-37(32)48-40(34)38-33-15-6-8-16-36(33)47-39(35)38/h1-25,41H,(H,44,45,46). The Morgan fingerprint density at radius 2 is 1.29 bits per heavy atom. The van der Waals surface area contributed by atoms with Gasteiger partial charge in [0.05, 0.1) is 5.56 Å². The molecular formula is C43H27N3OS. The number of benzene rings is 7. The van der Waals surface area contributed by atoms with Crippen LogP contribution in [0.1, 0.15) is 22.9 Å². The summed E-state index contributed by atoms with van der Waals surface area (Å²) in [6.45, 7) is 0. The Kier molecular flexibility index (Phi) is 6.08. The van der Waals surface area contributed by atoms with Gasteiger partial charge in [-0.15, -0.1) is 11.3 Å². The second-order valence-electron chi connectivity index (χ2n) is 12.2. The first-order valence-electron chi connectivity index (χ1n) is 16.1. The summed E-state index contributed by atoms with van der Waals surface area (Å²) in [5.41, 5.74) is 7.00. The van der Waals surface area contributed by atoms with E-state index in [1.54, 1.807) is 0 Å². The van der Waals surface area contributed by atoms with E-state index in [1.165, 1.54) is 36.5 Å². The summed E-state index contributed by atoms with van der Waals surface area (Å²) < 4.78 is 9.15. The van der Waals surface area contributed by atoms with E-state index < -0.39 is 0 Å². The fourth-order valence-electron chi connectivity index (χ4n) is 6.94. The number of aliphatic imine (C=N–C) groups is 2. The van der Waals surface area contributed by atoms with E-state index in [9.17, 15) is 0 Å². The number of para-hydroxylation sites is 1. The van der Waals surface area contributed by atoms with Crippen LogP contribution in [0.25, 0.3) is 64.0 Å². The molecule has 9 aromatic rings. The maximum Gasteiger partial charge on any atom is 0.159 e. The van der Waals surface area contributed by atoms with E-state index in [4.69, 9.17) is 14.4 Å². The average molecular weight is 634 g/mol. The van der Waals surface area contributed by atoms with Crippen LogP contribution in [0.5, 0.6) is 0 Å². The predicted molar refractivity (Wildman–Crippen MR) is 201 cm³/mol. The summed E-state index contributed by atoms with van der Waals surface area (Å²) in [6.07, 6.45) is -0.316. The maximum absolute atomic E-state index is 6.66. The summed E-state index contributed by atoms with van der Waals surface area (Å²) in [6, 6.07) is 53.2. The largest absolute Gasteiger partial charge is 0.455 e. The Labute approximate surface area is 280 Å². The van der Waals surface area contributed by atoms with E-state index in [0.29, 0.717) is 5.84 Å². The van der Waals surface area contributed by atoms with Crippen molar-refractivity contribution < 1.29 is 4.42 Å². The summed E-state index contributed by atoms with van der Waals surface area (Å²) in [4.78, 5) is 10.4. The number of thiophene rings is 1. The van der Waals surface area contributed by atoms with Crippen molar-refractivity contribution in [3.05, 3.63) is 168 Å². The molecule has 0 spiro atoms. The van der Waals surface area contributed by atoms with Gasteiger partial charge in [0.25, 0.3) is 0 Å².